The Hall–Kier alpha value is -2.94. The summed E-state index contributed by atoms with van der Waals surface area (Å²) < 4.78 is 13.2. The molecule has 0 heterocycles. The van der Waals surface area contributed by atoms with Crippen LogP contribution >= 0.6 is 0 Å². The number of carbonyl (C=O) groups excluding carboxylic acids is 1. The molecule has 3 rings (SSSR count). The third-order valence-corrected chi connectivity index (χ3v) is 4.47. The van der Waals surface area contributed by atoms with Crippen molar-refractivity contribution in [2.45, 2.75) is 26.4 Å². The van der Waals surface area contributed by atoms with Gasteiger partial charge in [-0.3, -0.25) is 4.79 Å². The average molecular weight is 347 g/mol. The molecule has 0 amide bonds. The first-order valence-electron chi connectivity index (χ1n) is 8.73. The minimum Gasteiger partial charge on any atom is -0.365 e. The van der Waals surface area contributed by atoms with E-state index in [0.717, 1.165) is 29.6 Å². The number of anilines is 1. The quantitative estimate of drug-likeness (QED) is 0.532. The van der Waals surface area contributed by atoms with Crippen LogP contribution in [0.25, 0.3) is 11.1 Å². The van der Waals surface area contributed by atoms with Crippen LogP contribution in [0.4, 0.5) is 10.1 Å². The molecule has 0 fully saturated rings. The minimum atomic E-state index is -0.220. The lowest BCUT2D eigenvalue weighted by Gasteiger charge is -2.29. The average Bonchev–Trinajstić information content (AvgIpc) is 2.67. The first kappa shape index (κ1) is 17.9. The zero-order valence-electron chi connectivity index (χ0n) is 15.0. The number of hydrogen-bond donors (Lipinski definition) is 0. The van der Waals surface area contributed by atoms with E-state index in [1.807, 2.05) is 36.4 Å². The first-order valence-corrected chi connectivity index (χ1v) is 8.73. The van der Waals surface area contributed by atoms with E-state index < -0.39 is 0 Å². The van der Waals surface area contributed by atoms with E-state index in [-0.39, 0.29) is 5.82 Å². The van der Waals surface area contributed by atoms with Crippen LogP contribution < -0.4 is 4.90 Å². The fourth-order valence-electron chi connectivity index (χ4n) is 2.96. The molecular formula is C23H22FNO. The lowest BCUT2D eigenvalue weighted by Crippen LogP contribution is -2.30. The molecule has 0 N–H and O–H groups in total. The highest BCUT2D eigenvalue weighted by Gasteiger charge is 2.11. The van der Waals surface area contributed by atoms with Gasteiger partial charge < -0.3 is 4.90 Å². The summed E-state index contributed by atoms with van der Waals surface area (Å²) in [4.78, 5) is 13.0. The van der Waals surface area contributed by atoms with E-state index in [9.17, 15) is 9.18 Å². The Bertz CT molecular complexity index is 852. The predicted octanol–water partition coefficient (Wildman–Crippen LogP) is 5.72. The molecule has 0 aliphatic heterocycles. The lowest BCUT2D eigenvalue weighted by atomic mass is 10.0. The van der Waals surface area contributed by atoms with Crippen molar-refractivity contribution in [2.75, 3.05) is 4.90 Å². The zero-order chi connectivity index (χ0) is 18.5. The summed E-state index contributed by atoms with van der Waals surface area (Å²) in [6.45, 7) is 5.02. The Labute approximate surface area is 153 Å². The maximum Gasteiger partial charge on any atom is 0.150 e. The van der Waals surface area contributed by atoms with Crippen molar-refractivity contribution in [1.29, 1.82) is 0 Å². The zero-order valence-corrected chi connectivity index (χ0v) is 15.0. The highest BCUT2D eigenvalue weighted by Crippen LogP contribution is 2.23. The van der Waals surface area contributed by atoms with Crippen molar-refractivity contribution in [3.63, 3.8) is 0 Å². The van der Waals surface area contributed by atoms with Crippen molar-refractivity contribution in [1.82, 2.24) is 0 Å². The summed E-state index contributed by atoms with van der Waals surface area (Å²) >= 11 is 0. The highest BCUT2D eigenvalue weighted by atomic mass is 19.1. The van der Waals surface area contributed by atoms with Crippen LogP contribution in [0.15, 0.2) is 72.8 Å². The molecule has 3 heteroatoms. The highest BCUT2D eigenvalue weighted by molar-refractivity contribution is 5.76. The van der Waals surface area contributed by atoms with Crippen molar-refractivity contribution in [3.05, 3.63) is 89.7 Å². The summed E-state index contributed by atoms with van der Waals surface area (Å²) in [6.07, 6.45) is 0.850. The van der Waals surface area contributed by atoms with Gasteiger partial charge in [-0.05, 0) is 54.8 Å². The Morgan fingerprint density at radius 1 is 0.846 bits per heavy atom. The standard InChI is InChI=1S/C23H22FNO/c1-17(2)25(23-13-11-22(24)12-14-23)15-18-3-7-20(8-4-18)21-9-5-19(16-26)6-10-21/h3-14,16-17H,15H2,1-2H3. The number of nitrogens with zero attached hydrogens (tertiary/aromatic N) is 1. The molecule has 0 spiro atoms. The van der Waals surface area contributed by atoms with Crippen molar-refractivity contribution < 1.29 is 9.18 Å². The topological polar surface area (TPSA) is 20.3 Å². The van der Waals surface area contributed by atoms with Gasteiger partial charge in [-0.1, -0.05) is 48.5 Å². The van der Waals surface area contributed by atoms with E-state index in [1.165, 1.54) is 17.7 Å². The summed E-state index contributed by atoms with van der Waals surface area (Å²) in [5.74, 6) is -0.220. The van der Waals surface area contributed by atoms with Gasteiger partial charge in [0.1, 0.15) is 12.1 Å². The van der Waals surface area contributed by atoms with Crippen LogP contribution in [0, 0.1) is 5.82 Å². The Morgan fingerprint density at radius 2 is 1.38 bits per heavy atom. The normalized spacial score (nSPS) is 10.8. The van der Waals surface area contributed by atoms with E-state index in [0.29, 0.717) is 11.6 Å². The van der Waals surface area contributed by atoms with Crippen molar-refractivity contribution in [2.24, 2.45) is 0 Å². The maximum atomic E-state index is 13.2. The SMILES string of the molecule is CC(C)N(Cc1ccc(-c2ccc(C=O)cc2)cc1)c1ccc(F)cc1. The maximum absolute atomic E-state index is 13.2. The first-order chi connectivity index (χ1) is 12.6. The van der Waals surface area contributed by atoms with E-state index in [2.05, 4.69) is 43.0 Å². The van der Waals surface area contributed by atoms with Crippen molar-refractivity contribution in [3.8, 4) is 11.1 Å². The molecule has 0 unspecified atom stereocenters. The van der Waals surface area contributed by atoms with Gasteiger partial charge in [-0.2, -0.15) is 0 Å². The van der Waals surface area contributed by atoms with Gasteiger partial charge in [-0.25, -0.2) is 4.39 Å². The van der Waals surface area contributed by atoms with Gasteiger partial charge in [0.15, 0.2) is 0 Å². The number of carbonyl (C=O) groups is 1. The Balaban J connectivity index is 1.78. The van der Waals surface area contributed by atoms with Gasteiger partial charge >= 0.3 is 0 Å². The summed E-state index contributed by atoms with van der Waals surface area (Å²) in [7, 11) is 0. The molecule has 0 aromatic heterocycles. The predicted molar refractivity (Wildman–Crippen MR) is 105 cm³/mol. The second kappa shape index (κ2) is 7.96. The molecular weight excluding hydrogens is 325 g/mol. The number of benzene rings is 3. The van der Waals surface area contributed by atoms with Gasteiger partial charge in [0, 0.05) is 23.8 Å². The lowest BCUT2D eigenvalue weighted by molar-refractivity contribution is 0.112. The Morgan fingerprint density at radius 3 is 1.88 bits per heavy atom. The van der Waals surface area contributed by atoms with Crippen LogP contribution in [0.1, 0.15) is 29.8 Å². The molecule has 132 valence electrons. The minimum absolute atomic E-state index is 0.220. The third-order valence-electron chi connectivity index (χ3n) is 4.47. The van der Waals surface area contributed by atoms with Crippen LogP contribution in [-0.2, 0) is 6.54 Å². The van der Waals surface area contributed by atoms with E-state index in [1.54, 1.807) is 0 Å². The fourth-order valence-corrected chi connectivity index (χ4v) is 2.96. The van der Waals surface area contributed by atoms with Gasteiger partial charge in [-0.15, -0.1) is 0 Å². The van der Waals surface area contributed by atoms with Gasteiger partial charge in [0.25, 0.3) is 0 Å². The molecule has 0 bridgehead atoms. The van der Waals surface area contributed by atoms with Crippen molar-refractivity contribution >= 4 is 12.0 Å². The summed E-state index contributed by atoms with van der Waals surface area (Å²) in [6, 6.07) is 22.9. The van der Waals surface area contributed by atoms with Gasteiger partial charge in [0.2, 0.25) is 0 Å². The molecule has 0 radical (unpaired) electrons. The molecule has 26 heavy (non-hydrogen) atoms. The van der Waals surface area contributed by atoms with Crippen LogP contribution in [0.3, 0.4) is 0 Å². The molecule has 2 nitrogen and oxygen atoms in total. The van der Waals surface area contributed by atoms with Crippen LogP contribution in [0.5, 0.6) is 0 Å². The fraction of sp³-hybridized carbons (Fsp3) is 0.174. The summed E-state index contributed by atoms with van der Waals surface area (Å²) in [5, 5.41) is 0. The molecule has 3 aromatic rings. The smallest absolute Gasteiger partial charge is 0.150 e. The molecule has 0 saturated carbocycles. The Kier molecular flexibility index (Phi) is 5.47. The van der Waals surface area contributed by atoms with E-state index in [4.69, 9.17) is 0 Å². The molecule has 0 aliphatic rings. The van der Waals surface area contributed by atoms with Crippen LogP contribution in [-0.4, -0.2) is 12.3 Å². The summed E-state index contributed by atoms with van der Waals surface area (Å²) in [5.41, 5.74) is 5.08. The largest absolute Gasteiger partial charge is 0.365 e. The molecule has 0 atom stereocenters. The van der Waals surface area contributed by atoms with Gasteiger partial charge in [0.05, 0.1) is 0 Å². The number of rotatable bonds is 6. The van der Waals surface area contributed by atoms with Crippen LogP contribution in [0.2, 0.25) is 0 Å². The van der Waals surface area contributed by atoms with E-state index >= 15 is 0 Å². The monoisotopic (exact) mass is 347 g/mol. The second-order valence-corrected chi connectivity index (χ2v) is 6.63. The molecule has 0 saturated heterocycles. The molecule has 0 aliphatic carbocycles. The third kappa shape index (κ3) is 4.17. The second-order valence-electron chi connectivity index (χ2n) is 6.63. The number of halogens is 1. The number of hydrogen-bond acceptors (Lipinski definition) is 2. The number of aldehydes is 1. The molecule has 3 aromatic carbocycles.